The molecule has 0 bridgehead atoms. The van der Waals surface area contributed by atoms with Crippen molar-refractivity contribution in [3.05, 3.63) is 37.1 Å². The number of pyridine rings is 1. The fraction of sp³-hybridized carbons (Fsp3) is 0.333. The van der Waals surface area contributed by atoms with E-state index in [0.717, 1.165) is 23.4 Å². The Balaban J connectivity index is 2.15. The zero-order valence-corrected chi connectivity index (χ0v) is 12.3. The zero-order chi connectivity index (χ0) is 14.9. The quantitative estimate of drug-likeness (QED) is 0.739. The minimum absolute atomic E-state index is 0.111. The van der Waals surface area contributed by atoms with E-state index in [0.29, 0.717) is 5.89 Å². The molecule has 3 aromatic heterocycles. The molecule has 6 nitrogen and oxygen atoms in total. The van der Waals surface area contributed by atoms with Crippen molar-refractivity contribution in [3.8, 4) is 22.7 Å². The van der Waals surface area contributed by atoms with Gasteiger partial charge in [-0.15, -0.1) is 0 Å². The van der Waals surface area contributed by atoms with Crippen molar-refractivity contribution in [2.45, 2.75) is 27.3 Å². The van der Waals surface area contributed by atoms with E-state index in [9.17, 15) is 0 Å². The molecule has 0 aromatic carbocycles. The first kappa shape index (κ1) is 13.5. The van der Waals surface area contributed by atoms with Gasteiger partial charge < -0.3 is 4.52 Å². The van der Waals surface area contributed by atoms with E-state index < -0.39 is 0 Å². The molecule has 0 spiro atoms. The van der Waals surface area contributed by atoms with E-state index in [2.05, 4.69) is 41.0 Å². The molecule has 0 saturated carbocycles. The van der Waals surface area contributed by atoms with Gasteiger partial charge in [0.1, 0.15) is 0 Å². The summed E-state index contributed by atoms with van der Waals surface area (Å²) in [5.41, 5.74) is 2.94. The van der Waals surface area contributed by atoms with E-state index >= 15 is 0 Å². The van der Waals surface area contributed by atoms with Crippen LogP contribution in [0.25, 0.3) is 22.7 Å². The summed E-state index contributed by atoms with van der Waals surface area (Å²) in [5.74, 6) is 0.474. The molecule has 6 heteroatoms. The lowest BCUT2D eigenvalue weighted by Gasteiger charge is -2.20. The fourth-order valence-corrected chi connectivity index (χ4v) is 2.22. The number of hydrogen-bond acceptors (Lipinski definition) is 5. The molecule has 108 valence electrons. The van der Waals surface area contributed by atoms with Crippen LogP contribution in [0.4, 0.5) is 0 Å². The molecule has 0 saturated heterocycles. The third-order valence-corrected chi connectivity index (χ3v) is 3.01. The van der Waals surface area contributed by atoms with Crippen LogP contribution in [-0.2, 0) is 6.54 Å². The molecular weight excluding hydrogens is 266 g/mol. The molecule has 21 heavy (non-hydrogen) atoms. The largest absolute Gasteiger partial charge is 0.334 e. The highest BCUT2D eigenvalue weighted by molar-refractivity contribution is 5.76. The Kier molecular flexibility index (Phi) is 3.29. The van der Waals surface area contributed by atoms with Crippen molar-refractivity contribution < 1.29 is 4.52 Å². The first-order valence-corrected chi connectivity index (χ1v) is 6.78. The summed E-state index contributed by atoms with van der Waals surface area (Å²) in [7, 11) is 0. The van der Waals surface area contributed by atoms with Gasteiger partial charge in [0.2, 0.25) is 0 Å². The van der Waals surface area contributed by atoms with Crippen molar-refractivity contribution in [2.24, 2.45) is 5.41 Å². The summed E-state index contributed by atoms with van der Waals surface area (Å²) in [6.07, 6.45) is 6.70. The normalized spacial score (nSPS) is 11.8. The molecule has 3 rings (SSSR count). The molecule has 3 aromatic rings. The number of nitrogens with zero attached hydrogens (tertiary/aromatic N) is 5. The van der Waals surface area contributed by atoms with Crippen LogP contribution in [-0.4, -0.2) is 24.9 Å². The average molecular weight is 283 g/mol. The molecule has 0 aliphatic heterocycles. The number of aromatic nitrogens is 5. The lowest BCUT2D eigenvalue weighted by molar-refractivity contribution is 0.327. The molecule has 3 heterocycles. The molecule has 0 atom stereocenters. The Morgan fingerprint density at radius 1 is 1.19 bits per heavy atom. The average Bonchev–Trinajstić information content (AvgIpc) is 3.06. The lowest BCUT2D eigenvalue weighted by atomic mass is 9.96. The molecule has 0 aliphatic rings. The smallest absolute Gasteiger partial charge is 0.261 e. The molecule has 0 amide bonds. The van der Waals surface area contributed by atoms with Crippen molar-refractivity contribution in [2.75, 3.05) is 0 Å². The minimum Gasteiger partial charge on any atom is -0.334 e. The third-order valence-electron chi connectivity index (χ3n) is 3.01. The van der Waals surface area contributed by atoms with Crippen LogP contribution in [0.3, 0.4) is 0 Å². The Hall–Kier alpha value is -2.50. The molecule has 0 aliphatic carbocycles. The van der Waals surface area contributed by atoms with E-state index in [4.69, 9.17) is 4.52 Å². The van der Waals surface area contributed by atoms with E-state index in [1.807, 2.05) is 16.8 Å². The Morgan fingerprint density at radius 2 is 1.95 bits per heavy atom. The Morgan fingerprint density at radius 3 is 2.57 bits per heavy atom. The highest BCUT2D eigenvalue weighted by Gasteiger charge is 2.21. The summed E-state index contributed by atoms with van der Waals surface area (Å²) in [4.78, 5) is 8.21. The summed E-state index contributed by atoms with van der Waals surface area (Å²) in [6.45, 7) is 7.32. The van der Waals surface area contributed by atoms with E-state index in [1.165, 1.54) is 6.33 Å². The van der Waals surface area contributed by atoms with Gasteiger partial charge in [0.15, 0.2) is 6.33 Å². The van der Waals surface area contributed by atoms with Crippen LogP contribution in [0.5, 0.6) is 0 Å². The van der Waals surface area contributed by atoms with E-state index in [1.54, 1.807) is 18.6 Å². The van der Waals surface area contributed by atoms with Crippen molar-refractivity contribution in [1.29, 1.82) is 0 Å². The minimum atomic E-state index is 0.111. The highest BCUT2D eigenvalue weighted by Crippen LogP contribution is 2.32. The van der Waals surface area contributed by atoms with Gasteiger partial charge in [-0.2, -0.15) is 10.1 Å². The predicted octanol–water partition coefficient (Wildman–Crippen LogP) is 3.04. The predicted molar refractivity (Wildman–Crippen MR) is 78.2 cm³/mol. The second kappa shape index (κ2) is 5.12. The molecule has 0 N–H and O–H groups in total. The summed E-state index contributed by atoms with van der Waals surface area (Å²) < 4.78 is 7.18. The van der Waals surface area contributed by atoms with Crippen LogP contribution in [0.15, 0.2) is 41.6 Å². The van der Waals surface area contributed by atoms with E-state index in [-0.39, 0.29) is 5.41 Å². The summed E-state index contributed by atoms with van der Waals surface area (Å²) in [5, 5.41) is 8.18. The van der Waals surface area contributed by atoms with Gasteiger partial charge in [-0.3, -0.25) is 9.67 Å². The van der Waals surface area contributed by atoms with Gasteiger partial charge in [-0.25, -0.2) is 0 Å². The second-order valence-electron chi connectivity index (χ2n) is 6.11. The standard InChI is InChI=1S/C15H17N5O/c1-15(2,3)9-20-13(11-4-6-16-7-5-11)12(8-18-20)14-17-10-19-21-14/h4-8,10H,9H2,1-3H3. The van der Waals surface area contributed by atoms with Crippen molar-refractivity contribution >= 4 is 0 Å². The maximum atomic E-state index is 5.20. The molecular formula is C15H17N5O. The van der Waals surface area contributed by atoms with Gasteiger partial charge >= 0.3 is 0 Å². The second-order valence-corrected chi connectivity index (χ2v) is 6.11. The highest BCUT2D eigenvalue weighted by atomic mass is 16.5. The van der Waals surface area contributed by atoms with Gasteiger partial charge in [0.05, 0.1) is 17.5 Å². The number of hydrogen-bond donors (Lipinski definition) is 0. The van der Waals surface area contributed by atoms with Crippen molar-refractivity contribution in [1.82, 2.24) is 24.9 Å². The first-order valence-electron chi connectivity index (χ1n) is 6.78. The first-order chi connectivity index (χ1) is 10.0. The Bertz CT molecular complexity index is 710. The summed E-state index contributed by atoms with van der Waals surface area (Å²) >= 11 is 0. The third kappa shape index (κ3) is 2.84. The summed E-state index contributed by atoms with van der Waals surface area (Å²) in [6, 6.07) is 3.91. The maximum Gasteiger partial charge on any atom is 0.261 e. The van der Waals surface area contributed by atoms with Gasteiger partial charge in [0.25, 0.3) is 5.89 Å². The lowest BCUT2D eigenvalue weighted by Crippen LogP contribution is -2.17. The van der Waals surface area contributed by atoms with Gasteiger partial charge in [0, 0.05) is 24.5 Å². The molecule has 0 radical (unpaired) electrons. The molecule has 0 unspecified atom stereocenters. The van der Waals surface area contributed by atoms with Gasteiger partial charge in [-0.1, -0.05) is 25.9 Å². The van der Waals surface area contributed by atoms with Crippen LogP contribution < -0.4 is 0 Å². The van der Waals surface area contributed by atoms with Crippen LogP contribution >= 0.6 is 0 Å². The van der Waals surface area contributed by atoms with Crippen LogP contribution in [0.2, 0.25) is 0 Å². The maximum absolute atomic E-state index is 5.20. The fourth-order valence-electron chi connectivity index (χ4n) is 2.22. The molecule has 0 fully saturated rings. The Labute approximate surface area is 122 Å². The SMILES string of the molecule is CC(C)(C)Cn1ncc(-c2ncno2)c1-c1ccncc1. The van der Waals surface area contributed by atoms with Gasteiger partial charge in [-0.05, 0) is 17.5 Å². The number of rotatable bonds is 3. The van der Waals surface area contributed by atoms with Crippen LogP contribution in [0.1, 0.15) is 20.8 Å². The topological polar surface area (TPSA) is 69.6 Å². The van der Waals surface area contributed by atoms with Crippen molar-refractivity contribution in [3.63, 3.8) is 0 Å². The monoisotopic (exact) mass is 283 g/mol. The zero-order valence-electron chi connectivity index (χ0n) is 12.3. The van der Waals surface area contributed by atoms with Crippen LogP contribution in [0, 0.1) is 5.41 Å².